The van der Waals surface area contributed by atoms with Crippen molar-refractivity contribution in [2.24, 2.45) is 70.6 Å². The molecule has 3 unspecified atom stereocenters. The van der Waals surface area contributed by atoms with E-state index in [2.05, 4.69) is 100 Å². The van der Waals surface area contributed by atoms with Crippen molar-refractivity contribution in [3.63, 3.8) is 0 Å². The van der Waals surface area contributed by atoms with E-state index >= 15 is 0 Å². The quantitative estimate of drug-likeness (QED) is 0.0190. The first-order valence-corrected chi connectivity index (χ1v) is 56.5. The zero-order valence-corrected chi connectivity index (χ0v) is 87.5. The van der Waals surface area contributed by atoms with E-state index in [1.54, 1.807) is 48.2 Å². The smallest absolute Gasteiger partial charge is 0.242 e. The Labute approximate surface area is 785 Å². The lowest BCUT2D eigenvalue weighted by molar-refractivity contribution is -0.139. The van der Waals surface area contributed by atoms with Crippen LogP contribution in [0.25, 0.3) is 0 Å². The fraction of sp³-hybridized carbons (Fsp3) is 0.857. The Bertz CT molecular complexity index is 2940. The maximum Gasteiger partial charge on any atom is 0.242 e. The molecule has 0 bridgehead atoms. The second kappa shape index (κ2) is 77.7. The number of ketones is 4. The van der Waals surface area contributed by atoms with Crippen LogP contribution < -0.4 is 22.1 Å². The van der Waals surface area contributed by atoms with Crippen LogP contribution in [0.4, 0.5) is 0 Å². The number of amides is 8. The zero-order valence-electron chi connectivity index (χ0n) is 81.8. The van der Waals surface area contributed by atoms with Gasteiger partial charge in [0.25, 0.3) is 0 Å². The Morgan fingerprint density at radius 2 is 0.621 bits per heavy atom. The Morgan fingerprint density at radius 3 is 0.984 bits per heavy atom. The number of thioether (sulfide) groups is 3. The van der Waals surface area contributed by atoms with E-state index in [0.29, 0.717) is 105 Å². The van der Waals surface area contributed by atoms with Gasteiger partial charge in [-0.25, -0.2) is 0 Å². The molecule has 0 radical (unpaired) electrons. The molecule has 3 aliphatic heterocycles. The molecule has 3 fully saturated rings. The first-order valence-electron chi connectivity index (χ1n) is 48.4. The average molecular weight is 1870 g/mol. The van der Waals surface area contributed by atoms with Crippen molar-refractivity contribution >= 4 is 149 Å². The SMILES string of the molecule is C=C(C(C)C)[C@@H](N)CSSCCCC(C)C.CC(C)CCCCCNC(=O)CCCCCN1C(=O)CC(SC[C@H](N)C(=O)C(C)C)C1=O.CC(C)CCCSC1CC(=O)N(CCCCCC(=O)C(C)C)C1=O.CC(C)CCCSC1CC(=O)N(CCCCCCCCCCC(=O)C(C)C)C1=O.CC(C)CCCSSCCC(=O)NCCCCCC(=O)C(C)C. The first-order chi connectivity index (χ1) is 58.7. The number of hydrogen-bond donors (Lipinski definition) is 4. The molecule has 8 amide bonds. The number of likely N-dealkylation sites (tertiary alicyclic amines) is 3. The Balaban J connectivity index is 0. The molecule has 3 rings (SSSR count). The van der Waals surface area contributed by atoms with Gasteiger partial charge in [0.1, 0.15) is 17.3 Å². The van der Waals surface area contributed by atoms with Gasteiger partial charge in [-0.05, 0) is 130 Å². The van der Waals surface area contributed by atoms with Gasteiger partial charge in [-0.15, -0.1) is 35.3 Å². The molecular formula is C98H181N7O12S7. The molecular weight excluding hydrogens is 1690 g/mol. The molecule has 0 aromatic heterocycles. The van der Waals surface area contributed by atoms with Crippen LogP contribution in [0.3, 0.4) is 0 Å². The van der Waals surface area contributed by atoms with Gasteiger partial charge in [-0.1, -0.05) is 297 Å². The number of Topliss-reactive ketones (excluding diaryl/α,β-unsaturated/α-hetero) is 4. The van der Waals surface area contributed by atoms with E-state index in [9.17, 15) is 57.5 Å². The van der Waals surface area contributed by atoms with Crippen LogP contribution in [-0.2, 0) is 57.5 Å². The van der Waals surface area contributed by atoms with Crippen molar-refractivity contribution in [3.05, 3.63) is 12.2 Å². The minimum Gasteiger partial charge on any atom is -0.356 e. The predicted octanol–water partition coefficient (Wildman–Crippen LogP) is 22.8. The van der Waals surface area contributed by atoms with Crippen molar-refractivity contribution in [1.82, 2.24) is 25.3 Å². The Hall–Kier alpha value is -2.85. The lowest BCUT2D eigenvalue weighted by atomic mass is 10.00. The molecule has 0 saturated carbocycles. The lowest BCUT2D eigenvalue weighted by Gasteiger charge is -2.17. The molecule has 3 saturated heterocycles. The summed E-state index contributed by atoms with van der Waals surface area (Å²) >= 11 is 4.61. The summed E-state index contributed by atoms with van der Waals surface area (Å²) in [6.45, 7) is 49.0. The van der Waals surface area contributed by atoms with Crippen molar-refractivity contribution in [2.75, 3.05) is 73.0 Å². The lowest BCUT2D eigenvalue weighted by Crippen LogP contribution is -2.37. The summed E-state index contributed by atoms with van der Waals surface area (Å²) in [5.41, 5.74) is 13.1. The molecule has 0 spiro atoms. The first kappa shape index (κ1) is 123. The van der Waals surface area contributed by atoms with Gasteiger partial charge in [0.2, 0.25) is 47.3 Å². The van der Waals surface area contributed by atoms with Gasteiger partial charge in [0.15, 0.2) is 5.78 Å². The topological polar surface area (TPSA) is 291 Å². The van der Waals surface area contributed by atoms with Crippen molar-refractivity contribution in [2.45, 2.75) is 404 Å². The maximum absolute atomic E-state index is 12.5. The fourth-order valence-electron chi connectivity index (χ4n) is 13.3. The van der Waals surface area contributed by atoms with E-state index in [-0.39, 0.29) is 99.7 Å². The van der Waals surface area contributed by atoms with Gasteiger partial charge in [-0.2, -0.15) is 0 Å². The van der Waals surface area contributed by atoms with Crippen LogP contribution in [0.15, 0.2) is 12.2 Å². The fourth-order valence-corrected chi connectivity index (χ4v) is 21.2. The monoisotopic (exact) mass is 1870 g/mol. The third-order valence-electron chi connectivity index (χ3n) is 21.9. The summed E-state index contributed by atoms with van der Waals surface area (Å²) in [4.78, 5) is 148. The minimum absolute atomic E-state index is 0.00666. The van der Waals surface area contributed by atoms with E-state index in [1.807, 2.05) is 73.9 Å². The van der Waals surface area contributed by atoms with Crippen LogP contribution >= 0.6 is 78.5 Å². The van der Waals surface area contributed by atoms with Crippen LogP contribution in [0.5, 0.6) is 0 Å². The molecule has 0 aromatic carbocycles. The molecule has 0 aromatic rings. The summed E-state index contributed by atoms with van der Waals surface area (Å²) < 4.78 is 0. The summed E-state index contributed by atoms with van der Waals surface area (Å²) in [6.07, 6.45) is 35.1. The largest absolute Gasteiger partial charge is 0.356 e. The number of nitrogens with one attached hydrogen (secondary N) is 2. The number of nitrogens with zero attached hydrogens (tertiary/aromatic N) is 3. The zero-order chi connectivity index (χ0) is 93.9. The highest BCUT2D eigenvalue weighted by Gasteiger charge is 2.41. The average Bonchev–Trinajstić information content (AvgIpc) is 1.71. The number of carbonyl (C=O) groups excluding carboxylic acids is 12. The standard InChI is InChI=1S/C24H43N3O4S.C24H43NO3S.C19H33NO3S.C18H35NO2S2.C13H27NS2/c1-17(2)11-7-5-9-13-26-21(28)12-8-6-10-14-27-22(29)15-20(24(27)31)32-16-19(25)23(30)18(3)4;1-19(2)14-13-17-29-22-18-23(27)25(24(22)28)16-12-10-8-6-5-7-9-11-15-21(26)20(3)4;1-14(2)9-8-12-24-17-13-18(22)20(19(17)23)11-7-5-6-10-16(21)15(3)4;1-15(2)9-8-13-22-23-14-11-18(21)19-12-7-5-6-10-17(20)16(3)4;1-10(2)7-6-8-15-16-9-13(14)12(5)11(3)4/h17-20H,5-16,25H2,1-4H3,(H,26,28);19-20,22H,5-18H2,1-4H3;14-15,17H,5-13H2,1-4H3;15-16H,5-14H2,1-4H3,(H,19,21);10-11,13H,5-9,14H2,1-4H3/t19-,20?;;;;13-/m0...0/s1. The van der Waals surface area contributed by atoms with Crippen molar-refractivity contribution < 1.29 is 57.5 Å². The maximum atomic E-state index is 12.5. The highest BCUT2D eigenvalue weighted by atomic mass is 33.1. The van der Waals surface area contributed by atoms with Gasteiger partial charge in [-0.3, -0.25) is 72.2 Å². The molecule has 6 N–H and O–H groups in total. The molecule has 0 aliphatic carbocycles. The highest BCUT2D eigenvalue weighted by molar-refractivity contribution is 8.77. The normalized spacial score (nSPS) is 15.9. The molecule has 26 heteroatoms. The molecule has 5 atom stereocenters. The number of imide groups is 3. The summed E-state index contributed by atoms with van der Waals surface area (Å²) in [6, 6.07) is -0.453. The second-order valence-electron chi connectivity index (χ2n) is 37.8. The van der Waals surface area contributed by atoms with Crippen molar-refractivity contribution in [3.8, 4) is 0 Å². The Kier molecular flexibility index (Phi) is 77.2. The highest BCUT2D eigenvalue weighted by Crippen LogP contribution is 2.32. The summed E-state index contributed by atoms with van der Waals surface area (Å²) in [5, 5.41) is 5.17. The number of unbranched alkanes of at least 4 members (excludes halogenated alkanes) is 15. The third kappa shape index (κ3) is 66.5. The van der Waals surface area contributed by atoms with Crippen LogP contribution in [0.1, 0.15) is 376 Å². The van der Waals surface area contributed by atoms with Gasteiger partial charge < -0.3 is 22.1 Å². The molecule has 3 aliphatic rings. The van der Waals surface area contributed by atoms with Crippen LogP contribution in [-0.4, -0.2) is 186 Å². The van der Waals surface area contributed by atoms with E-state index < -0.39 is 11.3 Å². The number of carbonyl (C=O) groups is 12. The predicted molar refractivity (Wildman–Crippen MR) is 539 cm³/mol. The number of nitrogens with two attached hydrogens (primary N) is 2. The summed E-state index contributed by atoms with van der Waals surface area (Å²) in [7, 11) is 7.52. The third-order valence-corrected chi connectivity index (χ3v) is 30.8. The Morgan fingerprint density at radius 1 is 0.323 bits per heavy atom. The van der Waals surface area contributed by atoms with Crippen LogP contribution in [0.2, 0.25) is 0 Å². The minimum atomic E-state index is -0.608. The molecule has 19 nitrogen and oxygen atoms in total. The van der Waals surface area contributed by atoms with Gasteiger partial charge >= 0.3 is 0 Å². The van der Waals surface area contributed by atoms with E-state index in [1.165, 1.54) is 114 Å². The number of rotatable bonds is 70. The van der Waals surface area contributed by atoms with E-state index in [0.717, 1.165) is 169 Å². The van der Waals surface area contributed by atoms with Crippen molar-refractivity contribution in [1.29, 1.82) is 0 Å². The summed E-state index contributed by atoms with van der Waals surface area (Å²) in [5.74, 6) is 12.0. The molecule has 722 valence electrons. The van der Waals surface area contributed by atoms with Crippen LogP contribution in [0, 0.1) is 59.2 Å². The van der Waals surface area contributed by atoms with Gasteiger partial charge in [0, 0.05) is 143 Å². The molecule has 124 heavy (non-hydrogen) atoms. The second-order valence-corrected chi connectivity index (χ2v) is 47.0. The van der Waals surface area contributed by atoms with E-state index in [4.69, 9.17) is 11.5 Å². The van der Waals surface area contributed by atoms with Gasteiger partial charge in [0.05, 0.1) is 21.8 Å². The molecule has 3 heterocycles. The number of hydrogen-bond acceptors (Lipinski definition) is 21.